The van der Waals surface area contributed by atoms with Crippen LogP contribution in [0.25, 0.3) is 0 Å². The Morgan fingerprint density at radius 2 is 1.96 bits per heavy atom. The summed E-state index contributed by atoms with van der Waals surface area (Å²) >= 11 is 1.18. The molecule has 1 aromatic heterocycles. The maximum atomic E-state index is 12.0. The number of sulfonamides is 1. The van der Waals surface area contributed by atoms with Gasteiger partial charge in [-0.1, -0.05) is 11.8 Å². The Bertz CT molecular complexity index is 858. The fraction of sp³-hybridized carbons (Fsp3) is 0.308. The van der Waals surface area contributed by atoms with E-state index in [1.807, 2.05) is 0 Å². The second kappa shape index (κ2) is 6.42. The molecular weight excluding hydrogens is 352 g/mol. The van der Waals surface area contributed by atoms with Gasteiger partial charge in [0.2, 0.25) is 21.1 Å². The van der Waals surface area contributed by atoms with Crippen molar-refractivity contribution in [2.24, 2.45) is 5.14 Å². The quantitative estimate of drug-likeness (QED) is 0.489. The maximum absolute atomic E-state index is 12.0. The molecule has 2 aromatic rings. The van der Waals surface area contributed by atoms with E-state index < -0.39 is 10.0 Å². The lowest BCUT2D eigenvalue weighted by atomic mass is 10.3. The summed E-state index contributed by atoms with van der Waals surface area (Å²) in [6, 6.07) is 5.60. The number of carbonyl (C=O) groups is 1. The van der Waals surface area contributed by atoms with Crippen molar-refractivity contribution in [3.63, 3.8) is 0 Å². The lowest BCUT2D eigenvalue weighted by Crippen LogP contribution is -2.17. The van der Waals surface area contributed by atoms with Crippen LogP contribution in [0.5, 0.6) is 0 Å². The standard InChI is InChI=1S/C13H16N6O3S2/c14-19-12(8-1-2-8)17-18-13(19)23-7-11(20)16-9-3-5-10(6-4-9)24(15,21)22/h3-6,8H,1-2,7,14H2,(H,16,20)(H2,15,21,22). The molecule has 1 aliphatic carbocycles. The maximum Gasteiger partial charge on any atom is 0.238 e. The molecule has 9 nitrogen and oxygen atoms in total. The van der Waals surface area contributed by atoms with Crippen LogP contribution >= 0.6 is 11.8 Å². The zero-order chi connectivity index (χ0) is 17.3. The summed E-state index contributed by atoms with van der Waals surface area (Å²) in [6.45, 7) is 0. The van der Waals surface area contributed by atoms with Crippen molar-refractivity contribution in [1.82, 2.24) is 14.9 Å². The van der Waals surface area contributed by atoms with Crippen LogP contribution in [0.15, 0.2) is 34.3 Å². The van der Waals surface area contributed by atoms with Crippen LogP contribution < -0.4 is 16.3 Å². The van der Waals surface area contributed by atoms with Gasteiger partial charge >= 0.3 is 0 Å². The van der Waals surface area contributed by atoms with Gasteiger partial charge in [-0.3, -0.25) is 4.79 Å². The van der Waals surface area contributed by atoms with E-state index in [2.05, 4.69) is 15.5 Å². The third kappa shape index (κ3) is 3.86. The minimum atomic E-state index is -3.75. The Morgan fingerprint density at radius 3 is 2.54 bits per heavy atom. The fourth-order valence-corrected chi connectivity index (χ4v) is 3.24. The Labute approximate surface area is 142 Å². The normalized spacial score (nSPS) is 14.5. The van der Waals surface area contributed by atoms with E-state index in [1.165, 1.54) is 40.7 Å². The summed E-state index contributed by atoms with van der Waals surface area (Å²) < 4.78 is 23.8. The van der Waals surface area contributed by atoms with Gasteiger partial charge in [-0.05, 0) is 37.1 Å². The topological polar surface area (TPSA) is 146 Å². The van der Waals surface area contributed by atoms with E-state index >= 15 is 0 Å². The molecule has 1 amide bonds. The molecule has 3 rings (SSSR count). The van der Waals surface area contributed by atoms with E-state index in [-0.39, 0.29) is 16.6 Å². The van der Waals surface area contributed by atoms with Crippen LogP contribution in [0.4, 0.5) is 5.69 Å². The minimum Gasteiger partial charge on any atom is -0.336 e. The number of benzene rings is 1. The van der Waals surface area contributed by atoms with Crippen molar-refractivity contribution < 1.29 is 13.2 Å². The highest BCUT2D eigenvalue weighted by molar-refractivity contribution is 7.99. The van der Waals surface area contributed by atoms with Crippen LogP contribution in [0, 0.1) is 0 Å². The van der Waals surface area contributed by atoms with Crippen molar-refractivity contribution >= 4 is 33.4 Å². The van der Waals surface area contributed by atoms with E-state index in [1.54, 1.807) is 0 Å². The van der Waals surface area contributed by atoms with Crippen LogP contribution in [0.1, 0.15) is 24.6 Å². The Morgan fingerprint density at radius 1 is 1.29 bits per heavy atom. The second-order valence-electron chi connectivity index (χ2n) is 5.39. The molecule has 24 heavy (non-hydrogen) atoms. The summed E-state index contributed by atoms with van der Waals surface area (Å²) in [6.07, 6.45) is 2.13. The zero-order valence-corrected chi connectivity index (χ0v) is 14.2. The van der Waals surface area contributed by atoms with Gasteiger partial charge in [-0.15, -0.1) is 10.2 Å². The third-order valence-electron chi connectivity index (χ3n) is 3.43. The number of primary sulfonamides is 1. The van der Waals surface area contributed by atoms with E-state index in [0.29, 0.717) is 16.8 Å². The molecule has 128 valence electrons. The summed E-state index contributed by atoms with van der Waals surface area (Å²) in [7, 11) is -3.75. The molecule has 1 aliphatic rings. The molecule has 0 bridgehead atoms. The van der Waals surface area contributed by atoms with Gasteiger partial charge in [0, 0.05) is 11.6 Å². The molecule has 0 aliphatic heterocycles. The number of aromatic nitrogens is 3. The number of hydrogen-bond acceptors (Lipinski definition) is 7. The number of carbonyl (C=O) groups excluding carboxylic acids is 1. The van der Waals surface area contributed by atoms with Crippen molar-refractivity contribution in [2.45, 2.75) is 28.8 Å². The summed E-state index contributed by atoms with van der Waals surface area (Å²) in [4.78, 5) is 11.9. The Kier molecular flexibility index (Phi) is 4.47. The second-order valence-corrected chi connectivity index (χ2v) is 7.90. The monoisotopic (exact) mass is 368 g/mol. The largest absolute Gasteiger partial charge is 0.336 e. The van der Waals surface area contributed by atoms with Gasteiger partial charge in [-0.2, -0.15) is 0 Å². The van der Waals surface area contributed by atoms with Crippen LogP contribution in [-0.4, -0.2) is 35.0 Å². The molecular formula is C13H16N6O3S2. The molecule has 1 aromatic carbocycles. The number of anilines is 1. The average Bonchev–Trinajstić information content (AvgIpc) is 3.29. The molecule has 1 fully saturated rings. The molecule has 0 radical (unpaired) electrons. The number of nitrogens with two attached hydrogens (primary N) is 2. The van der Waals surface area contributed by atoms with Crippen molar-refractivity contribution in [2.75, 3.05) is 16.9 Å². The SMILES string of the molecule is Nn1c(SCC(=O)Nc2ccc(S(N)(=O)=O)cc2)nnc1C1CC1. The van der Waals surface area contributed by atoms with E-state index in [9.17, 15) is 13.2 Å². The molecule has 11 heteroatoms. The highest BCUT2D eigenvalue weighted by Crippen LogP contribution is 2.39. The van der Waals surface area contributed by atoms with Crippen molar-refractivity contribution in [3.8, 4) is 0 Å². The van der Waals surface area contributed by atoms with Crippen molar-refractivity contribution in [3.05, 3.63) is 30.1 Å². The Balaban J connectivity index is 1.56. The number of nitrogens with zero attached hydrogens (tertiary/aromatic N) is 3. The van der Waals surface area contributed by atoms with Gasteiger partial charge in [0.05, 0.1) is 10.6 Å². The van der Waals surface area contributed by atoms with Gasteiger partial charge in [0.15, 0.2) is 5.82 Å². The molecule has 5 N–H and O–H groups in total. The smallest absolute Gasteiger partial charge is 0.238 e. The highest BCUT2D eigenvalue weighted by atomic mass is 32.2. The van der Waals surface area contributed by atoms with E-state index in [4.69, 9.17) is 11.0 Å². The summed E-state index contributed by atoms with van der Waals surface area (Å²) in [5.41, 5.74) is 0.473. The average molecular weight is 368 g/mol. The minimum absolute atomic E-state index is 0.0151. The predicted octanol–water partition coefficient (Wildman–Crippen LogP) is 0.248. The van der Waals surface area contributed by atoms with E-state index in [0.717, 1.165) is 18.7 Å². The highest BCUT2D eigenvalue weighted by Gasteiger charge is 2.30. The van der Waals surface area contributed by atoms with Crippen LogP contribution in [0.2, 0.25) is 0 Å². The third-order valence-corrected chi connectivity index (χ3v) is 5.30. The first-order chi connectivity index (χ1) is 11.3. The van der Waals surface area contributed by atoms with Gasteiger partial charge < -0.3 is 11.2 Å². The number of amides is 1. The summed E-state index contributed by atoms with van der Waals surface area (Å²) in [5, 5.41) is 16.2. The van der Waals surface area contributed by atoms with Crippen LogP contribution in [0.3, 0.4) is 0 Å². The zero-order valence-electron chi connectivity index (χ0n) is 12.5. The Hall–Kier alpha value is -2.11. The van der Waals surface area contributed by atoms with Gasteiger partial charge in [0.1, 0.15) is 0 Å². The lowest BCUT2D eigenvalue weighted by Gasteiger charge is -2.06. The molecule has 1 saturated carbocycles. The molecule has 0 unspecified atom stereocenters. The first-order valence-corrected chi connectivity index (χ1v) is 9.63. The molecule has 0 saturated heterocycles. The summed E-state index contributed by atoms with van der Waals surface area (Å²) in [5.74, 6) is 6.88. The fourth-order valence-electron chi connectivity index (χ4n) is 2.06. The number of nitrogens with one attached hydrogen (secondary N) is 1. The van der Waals surface area contributed by atoms with Crippen molar-refractivity contribution in [1.29, 1.82) is 0 Å². The lowest BCUT2D eigenvalue weighted by molar-refractivity contribution is -0.113. The predicted molar refractivity (Wildman–Crippen MR) is 89.3 cm³/mol. The number of thioether (sulfide) groups is 1. The molecule has 0 spiro atoms. The first-order valence-electron chi connectivity index (χ1n) is 7.10. The van der Waals surface area contributed by atoms with Gasteiger partial charge in [0.25, 0.3) is 0 Å². The molecule has 0 atom stereocenters. The first kappa shape index (κ1) is 16.7. The number of nitrogen functional groups attached to an aromatic ring is 1. The molecule has 1 heterocycles. The van der Waals surface area contributed by atoms with Gasteiger partial charge in [-0.25, -0.2) is 18.2 Å². The number of hydrogen-bond donors (Lipinski definition) is 3. The number of rotatable bonds is 6. The van der Waals surface area contributed by atoms with Crippen LogP contribution in [-0.2, 0) is 14.8 Å².